The highest BCUT2D eigenvalue weighted by Crippen LogP contribution is 2.24. The number of nitrogens with zero attached hydrogens (tertiary/aromatic N) is 2. The summed E-state index contributed by atoms with van der Waals surface area (Å²) < 4.78 is 0. The van der Waals surface area contributed by atoms with Crippen LogP contribution in [0.4, 0.5) is 11.4 Å². The highest BCUT2D eigenvalue weighted by molar-refractivity contribution is 6.31. The first-order valence-electron chi connectivity index (χ1n) is 9.27. The van der Waals surface area contributed by atoms with Gasteiger partial charge in [-0.2, -0.15) is 0 Å². The molecule has 0 spiro atoms. The van der Waals surface area contributed by atoms with Gasteiger partial charge in [0.25, 0.3) is 11.6 Å². The number of carbonyl (C=O) groups is 1. The lowest BCUT2D eigenvalue weighted by Crippen LogP contribution is -2.25. The SMILES string of the molecule is Cc1ccc(C(=O)NCCCCNc2ccnc3cc(Cl)ccc23)cc1[N+](=O)[O-]. The zero-order valence-electron chi connectivity index (χ0n) is 15.9. The fourth-order valence-electron chi connectivity index (χ4n) is 3.00. The smallest absolute Gasteiger partial charge is 0.273 e. The van der Waals surface area contributed by atoms with E-state index in [4.69, 9.17) is 11.6 Å². The molecule has 0 atom stereocenters. The molecule has 3 rings (SSSR count). The van der Waals surface area contributed by atoms with E-state index in [2.05, 4.69) is 15.6 Å². The third-order valence-corrected chi connectivity index (χ3v) is 4.81. The second-order valence-corrected chi connectivity index (χ2v) is 7.10. The Balaban J connectivity index is 1.45. The fraction of sp³-hybridized carbons (Fsp3) is 0.238. The predicted octanol–water partition coefficient (Wildman–Crippen LogP) is 4.73. The van der Waals surface area contributed by atoms with Gasteiger partial charge in [0, 0.05) is 52.6 Å². The number of hydrogen-bond donors (Lipinski definition) is 2. The minimum Gasteiger partial charge on any atom is -0.384 e. The fourth-order valence-corrected chi connectivity index (χ4v) is 3.17. The number of nitrogens with one attached hydrogen (secondary N) is 2. The van der Waals surface area contributed by atoms with Gasteiger partial charge in [-0.1, -0.05) is 17.7 Å². The molecule has 0 saturated carbocycles. The van der Waals surface area contributed by atoms with Gasteiger partial charge in [-0.15, -0.1) is 0 Å². The molecular weight excluding hydrogens is 392 g/mol. The van der Waals surface area contributed by atoms with E-state index in [1.165, 1.54) is 6.07 Å². The van der Waals surface area contributed by atoms with Crippen molar-refractivity contribution in [1.82, 2.24) is 10.3 Å². The molecular formula is C21H21ClN4O3. The molecule has 150 valence electrons. The highest BCUT2D eigenvalue weighted by Gasteiger charge is 2.14. The summed E-state index contributed by atoms with van der Waals surface area (Å²) >= 11 is 6.01. The van der Waals surface area contributed by atoms with Gasteiger partial charge in [-0.05, 0) is 50.1 Å². The number of hydrogen-bond acceptors (Lipinski definition) is 5. The Morgan fingerprint density at radius 2 is 1.93 bits per heavy atom. The molecule has 0 saturated heterocycles. The number of halogens is 1. The Kier molecular flexibility index (Phi) is 6.61. The number of aromatic nitrogens is 1. The summed E-state index contributed by atoms with van der Waals surface area (Å²) in [5, 5.41) is 18.8. The number of unbranched alkanes of at least 4 members (excludes halogenated alkanes) is 1. The number of amides is 1. The monoisotopic (exact) mass is 412 g/mol. The molecule has 2 N–H and O–H groups in total. The Labute approximate surface area is 173 Å². The van der Waals surface area contributed by atoms with Gasteiger partial charge in [-0.3, -0.25) is 19.9 Å². The lowest BCUT2D eigenvalue weighted by Gasteiger charge is -2.10. The molecule has 8 heteroatoms. The van der Waals surface area contributed by atoms with Crippen molar-refractivity contribution in [3.63, 3.8) is 0 Å². The predicted molar refractivity (Wildman–Crippen MR) is 115 cm³/mol. The van der Waals surface area contributed by atoms with E-state index in [0.29, 0.717) is 22.7 Å². The summed E-state index contributed by atoms with van der Waals surface area (Å²) in [6.07, 6.45) is 3.37. The van der Waals surface area contributed by atoms with Crippen LogP contribution in [0.2, 0.25) is 5.02 Å². The van der Waals surface area contributed by atoms with Crippen molar-refractivity contribution in [2.24, 2.45) is 0 Å². The van der Waals surface area contributed by atoms with Crippen LogP contribution in [0, 0.1) is 17.0 Å². The van der Waals surface area contributed by atoms with Gasteiger partial charge >= 0.3 is 0 Å². The van der Waals surface area contributed by atoms with E-state index in [-0.39, 0.29) is 11.6 Å². The molecule has 0 aliphatic carbocycles. The van der Waals surface area contributed by atoms with Gasteiger partial charge in [0.05, 0.1) is 10.4 Å². The first-order valence-corrected chi connectivity index (χ1v) is 9.65. The van der Waals surface area contributed by atoms with E-state index in [0.717, 1.165) is 36.0 Å². The summed E-state index contributed by atoms with van der Waals surface area (Å²) in [6, 6.07) is 12.0. The summed E-state index contributed by atoms with van der Waals surface area (Å²) in [7, 11) is 0. The first kappa shape index (κ1) is 20.5. The van der Waals surface area contributed by atoms with Crippen LogP contribution < -0.4 is 10.6 Å². The van der Waals surface area contributed by atoms with Crippen molar-refractivity contribution in [2.75, 3.05) is 18.4 Å². The summed E-state index contributed by atoms with van der Waals surface area (Å²) in [6.45, 7) is 2.88. The molecule has 2 aromatic carbocycles. The molecule has 0 bridgehead atoms. The molecule has 1 amide bonds. The Hall–Kier alpha value is -3.19. The van der Waals surface area contributed by atoms with Gasteiger partial charge in [0.15, 0.2) is 0 Å². The molecule has 0 radical (unpaired) electrons. The molecule has 1 heterocycles. The van der Waals surface area contributed by atoms with Crippen LogP contribution >= 0.6 is 11.6 Å². The van der Waals surface area contributed by atoms with E-state index in [1.54, 1.807) is 25.3 Å². The number of nitro benzene ring substituents is 1. The van der Waals surface area contributed by atoms with Crippen molar-refractivity contribution < 1.29 is 9.72 Å². The maximum Gasteiger partial charge on any atom is 0.273 e. The number of anilines is 1. The number of aryl methyl sites for hydroxylation is 1. The lowest BCUT2D eigenvalue weighted by atomic mass is 10.1. The number of fused-ring (bicyclic) bond motifs is 1. The number of rotatable bonds is 8. The zero-order valence-corrected chi connectivity index (χ0v) is 16.7. The van der Waals surface area contributed by atoms with E-state index >= 15 is 0 Å². The van der Waals surface area contributed by atoms with Gasteiger partial charge in [0.1, 0.15) is 0 Å². The second-order valence-electron chi connectivity index (χ2n) is 6.67. The van der Waals surface area contributed by atoms with Crippen molar-refractivity contribution in [3.05, 3.63) is 74.9 Å². The van der Waals surface area contributed by atoms with Crippen LogP contribution in [0.25, 0.3) is 10.9 Å². The van der Waals surface area contributed by atoms with Gasteiger partial charge in [0.2, 0.25) is 0 Å². The Bertz CT molecular complexity index is 1060. The highest BCUT2D eigenvalue weighted by atomic mass is 35.5. The van der Waals surface area contributed by atoms with E-state index in [1.807, 2.05) is 24.3 Å². The molecule has 0 aliphatic rings. The molecule has 29 heavy (non-hydrogen) atoms. The minimum absolute atomic E-state index is 0.0484. The van der Waals surface area contributed by atoms with Crippen LogP contribution in [-0.2, 0) is 0 Å². The van der Waals surface area contributed by atoms with Crippen LogP contribution in [0.1, 0.15) is 28.8 Å². The molecule has 3 aromatic rings. The van der Waals surface area contributed by atoms with Crippen molar-refractivity contribution in [3.8, 4) is 0 Å². The van der Waals surface area contributed by atoms with Crippen LogP contribution in [0.3, 0.4) is 0 Å². The maximum atomic E-state index is 12.2. The van der Waals surface area contributed by atoms with E-state index < -0.39 is 4.92 Å². The summed E-state index contributed by atoms with van der Waals surface area (Å²) in [4.78, 5) is 27.0. The van der Waals surface area contributed by atoms with Crippen LogP contribution in [0.5, 0.6) is 0 Å². The largest absolute Gasteiger partial charge is 0.384 e. The summed E-state index contributed by atoms with van der Waals surface area (Å²) in [5.41, 5.74) is 2.60. The van der Waals surface area contributed by atoms with Crippen molar-refractivity contribution >= 4 is 39.8 Å². The maximum absolute atomic E-state index is 12.2. The molecule has 1 aromatic heterocycles. The average molecular weight is 413 g/mol. The van der Waals surface area contributed by atoms with Gasteiger partial charge < -0.3 is 10.6 Å². The number of pyridine rings is 1. The Morgan fingerprint density at radius 3 is 2.72 bits per heavy atom. The topological polar surface area (TPSA) is 97.2 Å². The quantitative estimate of drug-likeness (QED) is 0.317. The zero-order chi connectivity index (χ0) is 20.8. The van der Waals surface area contributed by atoms with Crippen LogP contribution in [0.15, 0.2) is 48.7 Å². The molecule has 0 aliphatic heterocycles. The first-order chi connectivity index (χ1) is 14.0. The molecule has 0 fully saturated rings. The lowest BCUT2D eigenvalue weighted by molar-refractivity contribution is -0.385. The minimum atomic E-state index is -0.478. The third kappa shape index (κ3) is 5.20. The van der Waals surface area contributed by atoms with Crippen molar-refractivity contribution in [2.45, 2.75) is 19.8 Å². The number of nitro groups is 1. The number of benzene rings is 2. The van der Waals surface area contributed by atoms with Crippen LogP contribution in [-0.4, -0.2) is 28.9 Å². The molecule has 7 nitrogen and oxygen atoms in total. The normalized spacial score (nSPS) is 10.7. The second kappa shape index (κ2) is 9.34. The van der Waals surface area contributed by atoms with Crippen molar-refractivity contribution in [1.29, 1.82) is 0 Å². The standard InChI is InChI=1S/C21H21ClN4O3/c1-14-4-5-15(12-20(14)26(28)29)21(27)25-10-3-2-9-23-18-8-11-24-19-13-16(22)6-7-17(18)19/h4-8,11-13H,2-3,9-10H2,1H3,(H,23,24)(H,25,27). The number of carbonyl (C=O) groups excluding carboxylic acids is 1. The average Bonchev–Trinajstić information content (AvgIpc) is 2.70. The summed E-state index contributed by atoms with van der Waals surface area (Å²) in [5.74, 6) is -0.307. The van der Waals surface area contributed by atoms with Gasteiger partial charge in [-0.25, -0.2) is 0 Å². The molecule has 0 unspecified atom stereocenters. The Morgan fingerprint density at radius 1 is 1.14 bits per heavy atom. The van der Waals surface area contributed by atoms with E-state index in [9.17, 15) is 14.9 Å². The third-order valence-electron chi connectivity index (χ3n) is 4.58.